The summed E-state index contributed by atoms with van der Waals surface area (Å²) in [6.07, 6.45) is -0.550. The van der Waals surface area contributed by atoms with Crippen LogP contribution in [0.25, 0.3) is 0 Å². The number of halogens is 2. The lowest BCUT2D eigenvalue weighted by molar-refractivity contribution is -0.117. The maximum absolute atomic E-state index is 13.2. The number of methoxy groups -OCH3 is 2. The van der Waals surface area contributed by atoms with E-state index >= 15 is 0 Å². The van der Waals surface area contributed by atoms with Crippen LogP contribution in [0.4, 0.5) is 4.39 Å². The summed E-state index contributed by atoms with van der Waals surface area (Å²) >= 11 is 3.13. The lowest BCUT2D eigenvalue weighted by Crippen LogP contribution is -2.42. The van der Waals surface area contributed by atoms with Crippen molar-refractivity contribution < 1.29 is 18.7 Å². The fourth-order valence-electron chi connectivity index (χ4n) is 1.55. The summed E-state index contributed by atoms with van der Waals surface area (Å²) in [4.78, 5) is 11.9. The molecule has 1 atom stereocenters. The van der Waals surface area contributed by atoms with E-state index < -0.39 is 12.1 Å². The van der Waals surface area contributed by atoms with Gasteiger partial charge < -0.3 is 14.8 Å². The molecule has 4 nitrogen and oxygen atoms in total. The Kier molecular flexibility index (Phi) is 5.71. The molecule has 0 aliphatic heterocycles. The van der Waals surface area contributed by atoms with Gasteiger partial charge in [-0.2, -0.15) is 0 Å². The molecule has 0 spiro atoms. The Bertz CT molecular complexity index is 404. The Morgan fingerprint density at radius 3 is 2.44 bits per heavy atom. The van der Waals surface area contributed by atoms with Gasteiger partial charge in [-0.3, -0.25) is 4.79 Å². The highest BCUT2D eigenvalue weighted by molar-refractivity contribution is 9.10. The second kappa shape index (κ2) is 6.82. The number of carbonyl (C=O) groups is 1. The summed E-state index contributed by atoms with van der Waals surface area (Å²) in [5.41, 5.74) is 0.236. The van der Waals surface area contributed by atoms with E-state index in [2.05, 4.69) is 21.2 Å². The zero-order valence-corrected chi connectivity index (χ0v) is 12.0. The fourth-order valence-corrected chi connectivity index (χ4v) is 2.01. The molecular weight excluding hydrogens is 305 g/mol. The number of carbonyl (C=O) groups excluding carboxylic acids is 1. The van der Waals surface area contributed by atoms with Crippen LogP contribution >= 0.6 is 15.9 Å². The van der Waals surface area contributed by atoms with Crippen molar-refractivity contribution in [2.24, 2.45) is 0 Å². The Hall–Kier alpha value is -0.980. The second-order valence-electron chi connectivity index (χ2n) is 3.76. The van der Waals surface area contributed by atoms with Crippen LogP contribution in [-0.4, -0.2) is 32.5 Å². The highest BCUT2D eigenvalue weighted by Crippen LogP contribution is 2.15. The first-order valence-electron chi connectivity index (χ1n) is 5.30. The molecule has 0 saturated carbocycles. The van der Waals surface area contributed by atoms with E-state index in [1.807, 2.05) is 0 Å². The first kappa shape index (κ1) is 15.1. The molecule has 1 unspecified atom stereocenters. The van der Waals surface area contributed by atoms with E-state index in [1.54, 1.807) is 13.0 Å². The monoisotopic (exact) mass is 319 g/mol. The van der Waals surface area contributed by atoms with Gasteiger partial charge in [0.2, 0.25) is 0 Å². The Labute approximate surface area is 114 Å². The van der Waals surface area contributed by atoms with Gasteiger partial charge in [-0.1, -0.05) is 15.9 Å². The number of ether oxygens (including phenoxy) is 2. The van der Waals surface area contributed by atoms with Gasteiger partial charge in [0.05, 0.1) is 6.04 Å². The van der Waals surface area contributed by atoms with Crippen molar-refractivity contribution in [2.45, 2.75) is 19.3 Å². The van der Waals surface area contributed by atoms with E-state index in [9.17, 15) is 9.18 Å². The largest absolute Gasteiger partial charge is 0.354 e. The molecule has 1 amide bonds. The zero-order chi connectivity index (χ0) is 13.7. The molecule has 1 aromatic carbocycles. The number of nitrogens with one attached hydrogen (secondary N) is 1. The fraction of sp³-hybridized carbons (Fsp3) is 0.417. The highest BCUT2D eigenvalue weighted by Gasteiger charge is 2.19. The van der Waals surface area contributed by atoms with Crippen molar-refractivity contribution in [3.05, 3.63) is 34.1 Å². The summed E-state index contributed by atoms with van der Waals surface area (Å²) in [5, 5.41) is 2.68. The van der Waals surface area contributed by atoms with Crippen LogP contribution < -0.4 is 5.32 Å². The molecule has 1 aromatic rings. The second-order valence-corrected chi connectivity index (χ2v) is 4.68. The maximum atomic E-state index is 13.2. The van der Waals surface area contributed by atoms with Crippen molar-refractivity contribution in [1.29, 1.82) is 0 Å². The molecule has 100 valence electrons. The van der Waals surface area contributed by atoms with Crippen molar-refractivity contribution in [2.75, 3.05) is 14.2 Å². The number of rotatable bonds is 5. The van der Waals surface area contributed by atoms with Crippen LogP contribution in [0.3, 0.4) is 0 Å². The van der Waals surface area contributed by atoms with Crippen LogP contribution in [0.2, 0.25) is 0 Å². The molecule has 0 radical (unpaired) electrons. The normalized spacial score (nSPS) is 12.6. The smallest absolute Gasteiger partial charge is 0.251 e. The molecule has 0 fully saturated rings. The van der Waals surface area contributed by atoms with Crippen LogP contribution in [0.5, 0.6) is 0 Å². The minimum absolute atomic E-state index is 0.236. The van der Waals surface area contributed by atoms with E-state index in [1.165, 1.54) is 26.4 Å². The highest BCUT2D eigenvalue weighted by atomic mass is 79.9. The predicted octanol–water partition coefficient (Wildman–Crippen LogP) is 2.33. The summed E-state index contributed by atoms with van der Waals surface area (Å²) in [6, 6.07) is 3.64. The van der Waals surface area contributed by atoms with Gasteiger partial charge in [0.1, 0.15) is 5.82 Å². The average Bonchev–Trinajstić information content (AvgIpc) is 2.29. The molecule has 0 aliphatic carbocycles. The number of amides is 1. The summed E-state index contributed by atoms with van der Waals surface area (Å²) in [7, 11) is 2.96. The van der Waals surface area contributed by atoms with Crippen molar-refractivity contribution >= 4 is 21.8 Å². The van der Waals surface area contributed by atoms with Gasteiger partial charge in [0.15, 0.2) is 6.29 Å². The Balaban J connectivity index is 2.76. The molecule has 0 aliphatic rings. The van der Waals surface area contributed by atoms with Crippen molar-refractivity contribution in [3.63, 3.8) is 0 Å². The molecule has 0 saturated heterocycles. The van der Waals surface area contributed by atoms with Gasteiger partial charge in [-0.15, -0.1) is 0 Å². The van der Waals surface area contributed by atoms with Crippen LogP contribution in [0.1, 0.15) is 17.3 Å². The zero-order valence-electron chi connectivity index (χ0n) is 10.4. The van der Waals surface area contributed by atoms with E-state index in [-0.39, 0.29) is 17.5 Å². The summed E-state index contributed by atoms with van der Waals surface area (Å²) in [5.74, 6) is -0.862. The lowest BCUT2D eigenvalue weighted by atomic mass is 10.2. The first-order valence-corrected chi connectivity index (χ1v) is 6.09. The van der Waals surface area contributed by atoms with Gasteiger partial charge >= 0.3 is 0 Å². The summed E-state index contributed by atoms with van der Waals surface area (Å²) in [6.45, 7) is 1.74. The van der Waals surface area contributed by atoms with Gasteiger partial charge in [0, 0.05) is 24.3 Å². The molecule has 0 heterocycles. The van der Waals surface area contributed by atoms with E-state index in [0.29, 0.717) is 4.47 Å². The van der Waals surface area contributed by atoms with Crippen LogP contribution in [0.15, 0.2) is 22.7 Å². The van der Waals surface area contributed by atoms with Gasteiger partial charge in [0.25, 0.3) is 5.91 Å². The topological polar surface area (TPSA) is 47.6 Å². The number of hydrogen-bond acceptors (Lipinski definition) is 3. The summed E-state index contributed by atoms with van der Waals surface area (Å²) < 4.78 is 23.7. The Morgan fingerprint density at radius 2 is 1.94 bits per heavy atom. The lowest BCUT2D eigenvalue weighted by Gasteiger charge is -2.22. The molecule has 1 rings (SSSR count). The van der Waals surface area contributed by atoms with Crippen LogP contribution in [-0.2, 0) is 9.47 Å². The quantitative estimate of drug-likeness (QED) is 0.847. The number of hydrogen-bond donors (Lipinski definition) is 1. The molecule has 18 heavy (non-hydrogen) atoms. The molecule has 1 N–H and O–H groups in total. The third kappa shape index (κ3) is 4.04. The maximum Gasteiger partial charge on any atom is 0.251 e. The Morgan fingerprint density at radius 1 is 1.33 bits per heavy atom. The van der Waals surface area contributed by atoms with Crippen molar-refractivity contribution in [1.82, 2.24) is 5.32 Å². The predicted molar refractivity (Wildman–Crippen MR) is 68.8 cm³/mol. The van der Waals surface area contributed by atoms with Crippen LogP contribution in [0, 0.1) is 5.82 Å². The third-order valence-corrected chi connectivity index (χ3v) is 2.81. The minimum atomic E-state index is -0.550. The van der Waals surface area contributed by atoms with Crippen molar-refractivity contribution in [3.8, 4) is 0 Å². The minimum Gasteiger partial charge on any atom is -0.354 e. The number of benzene rings is 1. The third-order valence-electron chi connectivity index (χ3n) is 2.36. The molecule has 6 heteroatoms. The molecule has 0 bridgehead atoms. The molecular formula is C12H15BrFNO3. The van der Waals surface area contributed by atoms with E-state index in [4.69, 9.17) is 9.47 Å². The SMILES string of the molecule is COC(OC)C(C)NC(=O)c1cc(F)cc(Br)c1. The standard InChI is InChI=1S/C12H15BrFNO3/c1-7(12(17-2)18-3)15-11(16)8-4-9(13)6-10(14)5-8/h4-7,12H,1-3H3,(H,15,16). The van der Waals surface area contributed by atoms with Gasteiger partial charge in [-0.05, 0) is 25.1 Å². The average molecular weight is 320 g/mol. The molecule has 0 aromatic heterocycles. The first-order chi connectivity index (χ1) is 8.47. The van der Waals surface area contributed by atoms with Gasteiger partial charge in [-0.25, -0.2) is 4.39 Å². The van der Waals surface area contributed by atoms with E-state index in [0.717, 1.165) is 0 Å².